The van der Waals surface area contributed by atoms with Crippen molar-refractivity contribution in [1.82, 2.24) is 16.0 Å². The summed E-state index contributed by atoms with van der Waals surface area (Å²) in [5.41, 5.74) is -0.882. The molecule has 36 heavy (non-hydrogen) atoms. The summed E-state index contributed by atoms with van der Waals surface area (Å²) < 4.78 is 5.80. The number of unbranched alkanes of at least 4 members (excludes halogenated alkanes) is 8. The molecular formula is C29H59N3O4. The molecule has 7 nitrogen and oxygen atoms in total. The molecule has 0 aliphatic carbocycles. The summed E-state index contributed by atoms with van der Waals surface area (Å²) in [5, 5.41) is 19.7. The maximum absolute atomic E-state index is 12.8. The van der Waals surface area contributed by atoms with Crippen LogP contribution < -0.4 is 16.0 Å². The second-order valence-electron chi connectivity index (χ2n) is 11.8. The number of hydrogen-bond donors (Lipinski definition) is 4. The topological polar surface area (TPSA) is 99.7 Å². The SMILES string of the molecule is CCCCCCCNC(=O)[C@H](CCCCNC(=O)C(C)(C)COC(C)(C)C)NC(O)CCCCCC. The molecule has 0 rings (SSSR count). The van der Waals surface area contributed by atoms with Gasteiger partial charge in [0.15, 0.2) is 0 Å². The lowest BCUT2D eigenvalue weighted by atomic mass is 9.93. The zero-order valence-electron chi connectivity index (χ0n) is 24.6. The first kappa shape index (κ1) is 34.8. The highest BCUT2D eigenvalue weighted by atomic mass is 16.5. The molecule has 0 saturated carbocycles. The summed E-state index contributed by atoms with van der Waals surface area (Å²) in [6.07, 6.45) is 12.3. The summed E-state index contributed by atoms with van der Waals surface area (Å²) in [5.74, 6) is -0.0626. The van der Waals surface area contributed by atoms with Crippen LogP contribution in [0.2, 0.25) is 0 Å². The Bertz CT molecular complexity index is 575. The monoisotopic (exact) mass is 513 g/mol. The summed E-state index contributed by atoms with van der Waals surface area (Å²) in [6.45, 7) is 15.7. The van der Waals surface area contributed by atoms with Crippen molar-refractivity contribution >= 4 is 11.8 Å². The largest absolute Gasteiger partial charge is 0.379 e. The van der Waals surface area contributed by atoms with Crippen molar-refractivity contribution in [2.24, 2.45) is 5.41 Å². The molecule has 4 N–H and O–H groups in total. The van der Waals surface area contributed by atoms with Crippen molar-refractivity contribution in [3.05, 3.63) is 0 Å². The smallest absolute Gasteiger partial charge is 0.237 e. The lowest BCUT2D eigenvalue weighted by Crippen LogP contribution is -2.48. The van der Waals surface area contributed by atoms with Crippen molar-refractivity contribution in [2.75, 3.05) is 19.7 Å². The maximum Gasteiger partial charge on any atom is 0.237 e. The Labute approximate surface area is 222 Å². The highest BCUT2D eigenvalue weighted by Gasteiger charge is 2.29. The zero-order valence-corrected chi connectivity index (χ0v) is 24.6. The normalized spacial score (nSPS) is 13.9. The van der Waals surface area contributed by atoms with Crippen molar-refractivity contribution < 1.29 is 19.4 Å². The predicted molar refractivity (Wildman–Crippen MR) is 150 cm³/mol. The number of rotatable bonds is 22. The Balaban J connectivity index is 4.55. The van der Waals surface area contributed by atoms with Crippen LogP contribution in [0.1, 0.15) is 132 Å². The first-order chi connectivity index (χ1) is 16.9. The molecule has 0 aromatic carbocycles. The molecule has 0 radical (unpaired) electrons. The van der Waals surface area contributed by atoms with E-state index in [0.29, 0.717) is 32.5 Å². The number of carbonyl (C=O) groups excluding carboxylic acids is 2. The molecule has 214 valence electrons. The van der Waals surface area contributed by atoms with Gasteiger partial charge >= 0.3 is 0 Å². The highest BCUT2D eigenvalue weighted by molar-refractivity contribution is 5.82. The molecule has 2 amide bonds. The van der Waals surface area contributed by atoms with E-state index in [2.05, 4.69) is 29.8 Å². The number of aliphatic hydroxyl groups excluding tert-OH is 1. The van der Waals surface area contributed by atoms with E-state index in [1.54, 1.807) is 0 Å². The van der Waals surface area contributed by atoms with Gasteiger partial charge < -0.3 is 20.5 Å². The standard InChI is InChI=1S/C29H59N3O4/c1-8-10-12-14-17-21-30-26(34)24(32-25(33)20-15-13-11-9-2)19-16-18-22-31-27(35)29(6,7)23-36-28(3,4)5/h24-25,32-33H,8-23H2,1-7H3,(H,30,34)(H,31,35)/t24-,25?/m0/s1. The third-order valence-electron chi connectivity index (χ3n) is 6.31. The van der Waals surface area contributed by atoms with Gasteiger partial charge in [-0.2, -0.15) is 0 Å². The Morgan fingerprint density at radius 2 is 1.28 bits per heavy atom. The van der Waals surface area contributed by atoms with Gasteiger partial charge in [0.2, 0.25) is 11.8 Å². The van der Waals surface area contributed by atoms with Crippen LogP contribution in [-0.4, -0.2) is 54.5 Å². The second kappa shape index (κ2) is 19.9. The molecule has 2 atom stereocenters. The average Bonchev–Trinajstić information content (AvgIpc) is 2.81. The van der Waals surface area contributed by atoms with Crippen LogP contribution >= 0.6 is 0 Å². The Morgan fingerprint density at radius 3 is 1.89 bits per heavy atom. The highest BCUT2D eigenvalue weighted by Crippen LogP contribution is 2.20. The third-order valence-corrected chi connectivity index (χ3v) is 6.31. The zero-order chi connectivity index (χ0) is 27.5. The third kappa shape index (κ3) is 19.0. The van der Waals surface area contributed by atoms with E-state index in [0.717, 1.165) is 44.9 Å². The van der Waals surface area contributed by atoms with Gasteiger partial charge in [0.05, 0.1) is 23.7 Å². The molecule has 1 unspecified atom stereocenters. The minimum atomic E-state index is -0.675. The molecule has 0 fully saturated rings. The number of amides is 2. The van der Waals surface area contributed by atoms with Crippen LogP contribution in [0.25, 0.3) is 0 Å². The minimum absolute atomic E-state index is 0.0234. The van der Waals surface area contributed by atoms with Gasteiger partial charge in [-0.25, -0.2) is 0 Å². The van der Waals surface area contributed by atoms with Crippen LogP contribution in [0.4, 0.5) is 0 Å². The first-order valence-corrected chi connectivity index (χ1v) is 14.6. The van der Waals surface area contributed by atoms with E-state index < -0.39 is 17.7 Å². The fourth-order valence-electron chi connectivity index (χ4n) is 3.81. The summed E-state index contributed by atoms with van der Waals surface area (Å²) in [4.78, 5) is 25.4. The van der Waals surface area contributed by atoms with Gasteiger partial charge in [0.25, 0.3) is 0 Å². The Hall–Kier alpha value is -1.18. The Kier molecular flexibility index (Phi) is 19.2. The molecular weight excluding hydrogens is 454 g/mol. The predicted octanol–water partition coefficient (Wildman–Crippen LogP) is 5.45. The van der Waals surface area contributed by atoms with E-state index in [4.69, 9.17) is 4.74 Å². The second-order valence-corrected chi connectivity index (χ2v) is 11.8. The number of aliphatic hydroxyl groups is 1. The first-order valence-electron chi connectivity index (χ1n) is 14.6. The molecule has 0 aromatic heterocycles. The van der Waals surface area contributed by atoms with E-state index in [-0.39, 0.29) is 17.4 Å². The summed E-state index contributed by atoms with van der Waals surface area (Å²) in [6, 6.07) is -0.422. The van der Waals surface area contributed by atoms with Crippen LogP contribution in [0, 0.1) is 5.41 Å². The molecule has 0 heterocycles. The molecule has 0 aliphatic heterocycles. The molecule has 0 bridgehead atoms. The van der Waals surface area contributed by atoms with Gasteiger partial charge in [0, 0.05) is 13.1 Å². The van der Waals surface area contributed by atoms with E-state index in [1.165, 1.54) is 25.7 Å². The summed E-state index contributed by atoms with van der Waals surface area (Å²) in [7, 11) is 0. The average molecular weight is 514 g/mol. The lowest BCUT2D eigenvalue weighted by Gasteiger charge is -2.28. The van der Waals surface area contributed by atoms with Crippen LogP contribution in [0.5, 0.6) is 0 Å². The van der Waals surface area contributed by atoms with Crippen LogP contribution in [-0.2, 0) is 14.3 Å². The van der Waals surface area contributed by atoms with Gasteiger partial charge in [-0.1, -0.05) is 58.8 Å². The van der Waals surface area contributed by atoms with Gasteiger partial charge in [-0.15, -0.1) is 0 Å². The fraction of sp³-hybridized carbons (Fsp3) is 0.931. The van der Waals surface area contributed by atoms with Crippen molar-refractivity contribution in [3.63, 3.8) is 0 Å². The summed E-state index contributed by atoms with van der Waals surface area (Å²) >= 11 is 0. The number of carbonyl (C=O) groups is 2. The van der Waals surface area contributed by atoms with Crippen molar-refractivity contribution in [2.45, 2.75) is 150 Å². The van der Waals surface area contributed by atoms with Gasteiger partial charge in [0.1, 0.15) is 6.23 Å². The van der Waals surface area contributed by atoms with Gasteiger partial charge in [-0.05, 0) is 73.1 Å². The molecule has 0 spiro atoms. The lowest BCUT2D eigenvalue weighted by molar-refractivity contribution is -0.136. The number of ether oxygens (including phenoxy) is 1. The molecule has 0 aromatic rings. The van der Waals surface area contributed by atoms with Gasteiger partial charge in [-0.3, -0.25) is 14.9 Å². The van der Waals surface area contributed by atoms with Crippen molar-refractivity contribution in [3.8, 4) is 0 Å². The number of nitrogens with one attached hydrogen (secondary N) is 3. The number of hydrogen-bond acceptors (Lipinski definition) is 5. The van der Waals surface area contributed by atoms with Crippen LogP contribution in [0.3, 0.4) is 0 Å². The fourth-order valence-corrected chi connectivity index (χ4v) is 3.81. The van der Waals surface area contributed by atoms with Crippen LogP contribution in [0.15, 0.2) is 0 Å². The van der Waals surface area contributed by atoms with E-state index in [9.17, 15) is 14.7 Å². The quantitative estimate of drug-likeness (QED) is 0.114. The minimum Gasteiger partial charge on any atom is -0.379 e. The van der Waals surface area contributed by atoms with E-state index in [1.807, 2.05) is 34.6 Å². The molecule has 0 aliphatic rings. The maximum atomic E-state index is 12.8. The molecule has 0 saturated heterocycles. The molecule has 7 heteroatoms. The van der Waals surface area contributed by atoms with Crippen molar-refractivity contribution in [1.29, 1.82) is 0 Å². The Morgan fingerprint density at radius 1 is 0.750 bits per heavy atom. The van der Waals surface area contributed by atoms with E-state index >= 15 is 0 Å².